The van der Waals surface area contributed by atoms with E-state index in [4.69, 9.17) is 0 Å². The summed E-state index contributed by atoms with van der Waals surface area (Å²) in [6.07, 6.45) is 4.74. The maximum absolute atomic E-state index is 14.2. The molecule has 4 rings (SSSR count). The summed E-state index contributed by atoms with van der Waals surface area (Å²) in [4.78, 5) is 12.4. The lowest BCUT2D eigenvalue weighted by Gasteiger charge is -2.05. The van der Waals surface area contributed by atoms with Crippen LogP contribution in [-0.4, -0.2) is 29.9 Å². The van der Waals surface area contributed by atoms with E-state index in [0.717, 1.165) is 5.39 Å². The Morgan fingerprint density at radius 3 is 2.90 bits per heavy atom. The molecule has 6 nitrogen and oxygen atoms in total. The Hall–Kier alpha value is -2.96. The Morgan fingerprint density at radius 2 is 1.95 bits per heavy atom. The highest BCUT2D eigenvalue weighted by molar-refractivity contribution is 5.79. The van der Waals surface area contributed by atoms with Crippen molar-refractivity contribution in [1.82, 2.24) is 29.9 Å². The van der Waals surface area contributed by atoms with Crippen LogP contribution < -0.4 is 0 Å². The van der Waals surface area contributed by atoms with Crippen molar-refractivity contribution in [1.29, 1.82) is 0 Å². The van der Waals surface area contributed by atoms with Crippen molar-refractivity contribution in [2.75, 3.05) is 0 Å². The number of fused-ring (bicyclic) bond motifs is 2. The van der Waals surface area contributed by atoms with Gasteiger partial charge in [-0.2, -0.15) is 0 Å². The Bertz CT molecular complexity index is 948. The number of benzene rings is 1. The first-order chi connectivity index (χ1) is 10.3. The van der Waals surface area contributed by atoms with Crippen molar-refractivity contribution < 1.29 is 4.39 Å². The molecule has 3 aromatic heterocycles. The fourth-order valence-electron chi connectivity index (χ4n) is 2.25. The summed E-state index contributed by atoms with van der Waals surface area (Å²) < 4.78 is 15.7. The minimum absolute atomic E-state index is 0.242. The fraction of sp³-hybridized carbons (Fsp3) is 0.0714. The minimum Gasteiger partial charge on any atom is -0.256 e. The van der Waals surface area contributed by atoms with Crippen LogP contribution in [-0.2, 0) is 6.54 Å². The van der Waals surface area contributed by atoms with Gasteiger partial charge in [-0.1, -0.05) is 11.3 Å². The van der Waals surface area contributed by atoms with Gasteiger partial charge in [-0.05, 0) is 12.1 Å². The van der Waals surface area contributed by atoms with E-state index in [-0.39, 0.29) is 12.4 Å². The highest BCUT2D eigenvalue weighted by Crippen LogP contribution is 2.18. The van der Waals surface area contributed by atoms with Crippen molar-refractivity contribution in [3.05, 3.63) is 54.2 Å². The molecule has 0 atom stereocenters. The SMILES string of the molecule is Fc1cc2ncccc2cc1Cn1nnc2nccnc21. The van der Waals surface area contributed by atoms with Gasteiger partial charge in [-0.25, -0.2) is 19.0 Å². The number of nitrogens with zero attached hydrogens (tertiary/aromatic N) is 6. The molecule has 4 aromatic rings. The van der Waals surface area contributed by atoms with Gasteiger partial charge in [0.25, 0.3) is 0 Å². The van der Waals surface area contributed by atoms with Gasteiger partial charge in [0.2, 0.25) is 5.65 Å². The Balaban J connectivity index is 1.82. The third kappa shape index (κ3) is 1.99. The largest absolute Gasteiger partial charge is 0.256 e. The molecule has 1 aromatic carbocycles. The van der Waals surface area contributed by atoms with Crippen LogP contribution in [0.2, 0.25) is 0 Å². The molecule has 7 heteroatoms. The van der Waals surface area contributed by atoms with Crippen LogP contribution in [0.25, 0.3) is 22.2 Å². The number of aromatic nitrogens is 6. The molecular formula is C14H9FN6. The van der Waals surface area contributed by atoms with E-state index < -0.39 is 0 Å². The Kier molecular flexibility index (Phi) is 2.56. The van der Waals surface area contributed by atoms with E-state index in [0.29, 0.717) is 22.4 Å². The molecule has 3 heterocycles. The molecule has 0 amide bonds. The molecule has 0 spiro atoms. The van der Waals surface area contributed by atoms with Gasteiger partial charge in [0.15, 0.2) is 5.65 Å². The summed E-state index contributed by atoms with van der Waals surface area (Å²) in [6, 6.07) is 6.90. The molecule has 0 saturated carbocycles. The second-order valence-electron chi connectivity index (χ2n) is 4.59. The van der Waals surface area contributed by atoms with Crippen molar-refractivity contribution in [3.63, 3.8) is 0 Å². The van der Waals surface area contributed by atoms with E-state index >= 15 is 0 Å². The lowest BCUT2D eigenvalue weighted by atomic mass is 10.1. The number of hydrogen-bond donors (Lipinski definition) is 0. The summed E-state index contributed by atoms with van der Waals surface area (Å²) in [5, 5.41) is 8.76. The predicted molar refractivity (Wildman–Crippen MR) is 73.9 cm³/mol. The third-order valence-electron chi connectivity index (χ3n) is 3.24. The topological polar surface area (TPSA) is 69.4 Å². The fourth-order valence-corrected chi connectivity index (χ4v) is 2.25. The first-order valence-electron chi connectivity index (χ1n) is 6.34. The molecule has 0 unspecified atom stereocenters. The van der Waals surface area contributed by atoms with E-state index in [9.17, 15) is 4.39 Å². The second-order valence-corrected chi connectivity index (χ2v) is 4.59. The number of rotatable bonds is 2. The van der Waals surface area contributed by atoms with Crippen molar-refractivity contribution in [2.24, 2.45) is 0 Å². The van der Waals surface area contributed by atoms with Crippen LogP contribution in [0.4, 0.5) is 4.39 Å². The monoisotopic (exact) mass is 280 g/mol. The van der Waals surface area contributed by atoms with E-state index in [1.807, 2.05) is 12.1 Å². The van der Waals surface area contributed by atoms with Crippen LogP contribution in [0.1, 0.15) is 5.56 Å². The van der Waals surface area contributed by atoms with E-state index in [2.05, 4.69) is 25.3 Å². The Labute approximate surface area is 118 Å². The van der Waals surface area contributed by atoms with Crippen LogP contribution in [0.3, 0.4) is 0 Å². The summed E-state index contributed by atoms with van der Waals surface area (Å²) in [5.41, 5.74) is 2.11. The molecule has 0 bridgehead atoms. The van der Waals surface area contributed by atoms with Gasteiger partial charge >= 0.3 is 0 Å². The van der Waals surface area contributed by atoms with Crippen LogP contribution in [0.5, 0.6) is 0 Å². The zero-order valence-electron chi connectivity index (χ0n) is 10.8. The zero-order valence-corrected chi connectivity index (χ0v) is 10.8. The molecule has 0 aliphatic heterocycles. The van der Waals surface area contributed by atoms with Gasteiger partial charge in [-0.15, -0.1) is 5.10 Å². The maximum atomic E-state index is 14.2. The van der Waals surface area contributed by atoms with Crippen LogP contribution in [0.15, 0.2) is 42.9 Å². The second kappa shape index (κ2) is 4.55. The number of halogens is 1. The first kappa shape index (κ1) is 11.8. The van der Waals surface area contributed by atoms with Gasteiger partial charge in [0.05, 0.1) is 12.1 Å². The molecule has 0 radical (unpaired) electrons. The molecule has 0 saturated heterocycles. The van der Waals surface area contributed by atoms with Gasteiger partial charge < -0.3 is 0 Å². The molecule has 0 N–H and O–H groups in total. The summed E-state index contributed by atoms with van der Waals surface area (Å²) >= 11 is 0. The third-order valence-corrected chi connectivity index (χ3v) is 3.24. The van der Waals surface area contributed by atoms with E-state index in [1.165, 1.54) is 10.7 Å². The standard InChI is InChI=1S/C14H9FN6/c15-11-7-12-9(2-1-3-16-12)6-10(11)8-21-14-13(19-20-21)17-4-5-18-14/h1-7H,8H2. The highest BCUT2D eigenvalue weighted by Gasteiger charge is 2.11. The van der Waals surface area contributed by atoms with Gasteiger partial charge in [0, 0.05) is 35.6 Å². The molecular weight excluding hydrogens is 271 g/mol. The van der Waals surface area contributed by atoms with Crippen molar-refractivity contribution in [3.8, 4) is 0 Å². The summed E-state index contributed by atoms with van der Waals surface area (Å²) in [7, 11) is 0. The Morgan fingerprint density at radius 1 is 1.05 bits per heavy atom. The lowest BCUT2D eigenvalue weighted by molar-refractivity contribution is 0.583. The minimum atomic E-state index is -0.325. The average Bonchev–Trinajstić information content (AvgIpc) is 2.91. The highest BCUT2D eigenvalue weighted by atomic mass is 19.1. The summed E-state index contributed by atoms with van der Waals surface area (Å²) in [6.45, 7) is 0.242. The normalized spacial score (nSPS) is 11.3. The summed E-state index contributed by atoms with van der Waals surface area (Å²) in [5.74, 6) is -0.325. The van der Waals surface area contributed by atoms with Crippen LogP contribution in [0, 0.1) is 5.82 Å². The number of pyridine rings is 1. The molecule has 0 aliphatic rings. The molecule has 21 heavy (non-hydrogen) atoms. The van der Waals surface area contributed by atoms with Crippen molar-refractivity contribution >= 4 is 22.2 Å². The molecule has 102 valence electrons. The maximum Gasteiger partial charge on any atom is 0.221 e. The molecule has 0 fully saturated rings. The zero-order chi connectivity index (χ0) is 14.2. The molecule has 0 aliphatic carbocycles. The van der Waals surface area contributed by atoms with Gasteiger partial charge in [0.1, 0.15) is 5.82 Å². The number of hydrogen-bond acceptors (Lipinski definition) is 5. The van der Waals surface area contributed by atoms with Crippen molar-refractivity contribution in [2.45, 2.75) is 6.54 Å². The lowest BCUT2D eigenvalue weighted by Crippen LogP contribution is -2.05. The van der Waals surface area contributed by atoms with Gasteiger partial charge in [-0.3, -0.25) is 4.98 Å². The average molecular weight is 280 g/mol. The predicted octanol–water partition coefficient (Wildman–Crippen LogP) is 1.96. The smallest absolute Gasteiger partial charge is 0.221 e. The van der Waals surface area contributed by atoms with E-state index in [1.54, 1.807) is 24.7 Å². The van der Waals surface area contributed by atoms with Crippen LogP contribution >= 0.6 is 0 Å². The first-order valence-corrected chi connectivity index (χ1v) is 6.34. The quantitative estimate of drug-likeness (QED) is 0.561.